The second-order valence-electron chi connectivity index (χ2n) is 9.10. The van der Waals surface area contributed by atoms with Crippen molar-refractivity contribution in [2.45, 2.75) is 43.6 Å². The predicted octanol–water partition coefficient (Wildman–Crippen LogP) is 3.37. The normalized spacial score (nSPS) is 26.3. The zero-order valence-electron chi connectivity index (χ0n) is 17.5. The average Bonchev–Trinajstić information content (AvgIpc) is 2.69. The second kappa shape index (κ2) is 8.47. The minimum absolute atomic E-state index is 0.00291. The molecule has 0 saturated heterocycles. The highest BCUT2D eigenvalue weighted by molar-refractivity contribution is 6.30. The molecule has 5 rings (SSSR count). The van der Waals surface area contributed by atoms with Crippen LogP contribution in [0.3, 0.4) is 0 Å². The van der Waals surface area contributed by atoms with E-state index in [1.807, 2.05) is 0 Å². The summed E-state index contributed by atoms with van der Waals surface area (Å²) in [6.07, 6.45) is 0.839. The molecule has 4 N–H and O–H groups in total. The third kappa shape index (κ3) is 4.58. The van der Waals surface area contributed by atoms with Gasteiger partial charge in [-0.25, -0.2) is 4.39 Å². The number of hydrogen-bond acceptors (Lipinski definition) is 5. The number of carbonyl (C=O) groups excluding carboxylic acids is 1. The molecule has 3 aliphatic carbocycles. The van der Waals surface area contributed by atoms with Gasteiger partial charge in [-0.3, -0.25) is 10.1 Å². The Hall–Kier alpha value is -1.90. The lowest BCUT2D eigenvalue weighted by Gasteiger charge is -2.69. The minimum atomic E-state index is -1.21. The maximum absolute atomic E-state index is 13.5. The van der Waals surface area contributed by atoms with Gasteiger partial charge in [-0.1, -0.05) is 35.3 Å². The molecular weight excluding hydrogens is 458 g/mol. The van der Waals surface area contributed by atoms with Crippen molar-refractivity contribution in [2.75, 3.05) is 13.2 Å². The molecule has 172 valence electrons. The Labute approximate surface area is 195 Å². The van der Waals surface area contributed by atoms with Crippen molar-refractivity contribution in [1.82, 2.24) is 10.6 Å². The van der Waals surface area contributed by atoms with Crippen LogP contribution in [-0.2, 0) is 10.4 Å². The molecule has 32 heavy (non-hydrogen) atoms. The quantitative estimate of drug-likeness (QED) is 0.411. The molecule has 6 nitrogen and oxygen atoms in total. The number of carbonyl (C=O) groups is 1. The van der Waals surface area contributed by atoms with Crippen molar-refractivity contribution in [2.24, 2.45) is 5.41 Å². The molecule has 9 heteroatoms. The van der Waals surface area contributed by atoms with Crippen molar-refractivity contribution in [3.63, 3.8) is 0 Å². The number of ether oxygens (including phenoxy) is 1. The minimum Gasteiger partial charge on any atom is -0.489 e. The maximum Gasteiger partial charge on any atom is 0.226 e. The second-order valence-corrected chi connectivity index (χ2v) is 9.95. The lowest BCUT2D eigenvalue weighted by atomic mass is 9.39. The van der Waals surface area contributed by atoms with E-state index in [2.05, 4.69) is 10.6 Å². The van der Waals surface area contributed by atoms with E-state index in [4.69, 9.17) is 27.9 Å². The van der Waals surface area contributed by atoms with Gasteiger partial charge in [0.1, 0.15) is 30.0 Å². The fourth-order valence-electron chi connectivity index (χ4n) is 4.67. The highest BCUT2D eigenvalue weighted by Crippen LogP contribution is 2.67. The highest BCUT2D eigenvalue weighted by atomic mass is 35.5. The summed E-state index contributed by atoms with van der Waals surface area (Å²) in [6, 6.07) is 10.9. The smallest absolute Gasteiger partial charge is 0.226 e. The van der Waals surface area contributed by atoms with Gasteiger partial charge in [0.15, 0.2) is 0 Å². The molecule has 0 aromatic heterocycles. The number of halogens is 3. The van der Waals surface area contributed by atoms with Crippen LogP contribution in [0.4, 0.5) is 4.39 Å². The highest BCUT2D eigenvalue weighted by Gasteiger charge is 2.71. The number of aliphatic hydroxyl groups is 2. The van der Waals surface area contributed by atoms with Crippen LogP contribution in [0.2, 0.25) is 10.0 Å². The van der Waals surface area contributed by atoms with Crippen LogP contribution < -0.4 is 15.4 Å². The SMILES string of the molecule is CC(O)(CNC(=O)C12CC(NC(O)COc3ccc(Cl)c(F)c3)(C1)C2)c1ccc(Cl)cc1. The van der Waals surface area contributed by atoms with Crippen molar-refractivity contribution >= 4 is 29.1 Å². The van der Waals surface area contributed by atoms with Crippen LogP contribution in [0.5, 0.6) is 5.75 Å². The first-order valence-electron chi connectivity index (χ1n) is 10.3. The molecule has 2 unspecified atom stereocenters. The topological polar surface area (TPSA) is 90.8 Å². The van der Waals surface area contributed by atoms with E-state index in [1.165, 1.54) is 12.1 Å². The van der Waals surface area contributed by atoms with Crippen LogP contribution in [0, 0.1) is 11.2 Å². The molecule has 2 aromatic rings. The van der Waals surface area contributed by atoms with Gasteiger partial charge in [-0.2, -0.15) is 0 Å². The van der Waals surface area contributed by atoms with E-state index in [9.17, 15) is 19.4 Å². The number of rotatable bonds is 9. The summed E-state index contributed by atoms with van der Waals surface area (Å²) in [5.74, 6) is -0.416. The number of amides is 1. The van der Waals surface area contributed by atoms with Crippen LogP contribution in [0.15, 0.2) is 42.5 Å². The average molecular weight is 483 g/mol. The maximum atomic E-state index is 13.5. The molecule has 2 bridgehead atoms. The van der Waals surface area contributed by atoms with E-state index in [0.29, 0.717) is 29.8 Å². The van der Waals surface area contributed by atoms with Crippen LogP contribution in [0.25, 0.3) is 0 Å². The van der Waals surface area contributed by atoms with Gasteiger partial charge in [0.05, 0.1) is 17.0 Å². The van der Waals surface area contributed by atoms with Gasteiger partial charge in [0.25, 0.3) is 0 Å². The Morgan fingerprint density at radius 1 is 1.22 bits per heavy atom. The Morgan fingerprint density at radius 2 is 1.88 bits per heavy atom. The van der Waals surface area contributed by atoms with Crippen LogP contribution in [-0.4, -0.2) is 41.0 Å². The molecule has 0 spiro atoms. The van der Waals surface area contributed by atoms with E-state index in [-0.39, 0.29) is 35.4 Å². The Balaban J connectivity index is 1.22. The van der Waals surface area contributed by atoms with E-state index < -0.39 is 23.1 Å². The van der Waals surface area contributed by atoms with Crippen molar-refractivity contribution in [3.05, 3.63) is 63.9 Å². The van der Waals surface area contributed by atoms with E-state index >= 15 is 0 Å². The molecule has 2 aromatic carbocycles. The Morgan fingerprint density at radius 3 is 2.50 bits per heavy atom. The molecule has 0 radical (unpaired) electrons. The molecule has 1 amide bonds. The van der Waals surface area contributed by atoms with Gasteiger partial charge in [-0.05, 0) is 56.0 Å². The Kier molecular flexibility index (Phi) is 6.15. The molecule has 2 atom stereocenters. The first kappa shape index (κ1) is 23.3. The summed E-state index contributed by atoms with van der Waals surface area (Å²) < 4.78 is 18.9. The zero-order valence-corrected chi connectivity index (χ0v) is 19.0. The largest absolute Gasteiger partial charge is 0.489 e. The van der Waals surface area contributed by atoms with Crippen LogP contribution >= 0.6 is 23.2 Å². The van der Waals surface area contributed by atoms with E-state index in [1.54, 1.807) is 31.2 Å². The Bertz CT molecular complexity index is 996. The lowest BCUT2D eigenvalue weighted by Crippen LogP contribution is -2.79. The monoisotopic (exact) mass is 482 g/mol. The van der Waals surface area contributed by atoms with Gasteiger partial charge in [0.2, 0.25) is 5.91 Å². The summed E-state index contributed by atoms with van der Waals surface area (Å²) in [5, 5.41) is 27.5. The number of hydrogen-bond donors (Lipinski definition) is 4. The van der Waals surface area contributed by atoms with Crippen molar-refractivity contribution in [3.8, 4) is 5.75 Å². The fraction of sp³-hybridized carbons (Fsp3) is 0.435. The molecule has 3 saturated carbocycles. The molecule has 0 aliphatic heterocycles. The van der Waals surface area contributed by atoms with Gasteiger partial charge < -0.3 is 20.3 Å². The first-order chi connectivity index (χ1) is 15.0. The van der Waals surface area contributed by atoms with Gasteiger partial charge >= 0.3 is 0 Å². The van der Waals surface area contributed by atoms with Gasteiger partial charge in [0, 0.05) is 16.6 Å². The fourth-order valence-corrected chi connectivity index (χ4v) is 4.91. The summed E-state index contributed by atoms with van der Waals surface area (Å²) in [5.41, 5.74) is -1.32. The lowest BCUT2D eigenvalue weighted by molar-refractivity contribution is -0.191. The number of nitrogens with one attached hydrogen (secondary N) is 2. The standard InChI is InChI=1S/C23H25Cl2FN2O4/c1-21(31,14-2-4-15(24)5-3-14)13-27-20(30)22-10-23(11-22,12-22)28-19(29)9-32-16-6-7-17(25)18(26)8-16/h2-8,19,28-29,31H,9-13H2,1H3,(H,27,30). The summed E-state index contributed by atoms with van der Waals surface area (Å²) in [4.78, 5) is 12.7. The van der Waals surface area contributed by atoms with Gasteiger partial charge in [-0.15, -0.1) is 0 Å². The molecular formula is C23H25Cl2FN2O4. The zero-order chi connectivity index (χ0) is 23.1. The summed E-state index contributed by atoms with van der Waals surface area (Å²) in [6.45, 7) is 1.67. The third-order valence-electron chi connectivity index (χ3n) is 6.34. The predicted molar refractivity (Wildman–Crippen MR) is 119 cm³/mol. The van der Waals surface area contributed by atoms with E-state index in [0.717, 1.165) is 6.07 Å². The first-order valence-corrected chi connectivity index (χ1v) is 11.1. The van der Waals surface area contributed by atoms with Crippen LogP contribution in [0.1, 0.15) is 31.7 Å². The molecule has 0 heterocycles. The summed E-state index contributed by atoms with van der Waals surface area (Å²) >= 11 is 11.5. The third-order valence-corrected chi connectivity index (χ3v) is 6.90. The molecule has 3 fully saturated rings. The molecule has 3 aliphatic rings. The number of aliphatic hydroxyl groups excluding tert-OH is 1. The number of benzene rings is 2. The van der Waals surface area contributed by atoms with Crippen molar-refractivity contribution < 1.29 is 24.1 Å². The van der Waals surface area contributed by atoms with Crippen molar-refractivity contribution in [1.29, 1.82) is 0 Å². The summed E-state index contributed by atoms with van der Waals surface area (Å²) in [7, 11) is 0.